The Morgan fingerprint density at radius 3 is 1.88 bits per heavy atom. The Morgan fingerprint density at radius 2 is 1.42 bits per heavy atom. The van der Waals surface area contributed by atoms with Gasteiger partial charge in [-0.15, -0.1) is 0 Å². The summed E-state index contributed by atoms with van der Waals surface area (Å²) < 4.78 is 18.9. The maximum Gasteiger partial charge on any atom is 0.411 e. The molecule has 3 aromatic carbocycles. The van der Waals surface area contributed by atoms with Crippen LogP contribution < -0.4 is 0 Å². The van der Waals surface area contributed by atoms with Crippen molar-refractivity contribution in [3.8, 4) is 11.8 Å². The third-order valence-electron chi connectivity index (χ3n) is 8.34. The van der Waals surface area contributed by atoms with E-state index < -0.39 is 32.2 Å². The highest BCUT2D eigenvalue weighted by atomic mass is 28.4. The topological polar surface area (TPSA) is 96.8 Å². The Bertz CT molecular complexity index is 1360. The summed E-state index contributed by atoms with van der Waals surface area (Å²) in [4.78, 5) is 17.5. The molecule has 3 aromatic rings. The average molecular weight is 597 g/mol. The van der Waals surface area contributed by atoms with Crippen LogP contribution in [0.15, 0.2) is 96.1 Å². The number of hydrogen-bond donors (Lipinski definition) is 0. The third kappa shape index (κ3) is 7.30. The van der Waals surface area contributed by atoms with Crippen molar-refractivity contribution in [2.45, 2.75) is 56.7 Å². The molecule has 1 fully saturated rings. The molecule has 8 nitrogen and oxygen atoms in total. The number of carbonyl (C=O) groups excluding carboxylic acids is 1. The molecule has 43 heavy (non-hydrogen) atoms. The zero-order chi connectivity index (χ0) is 30.9. The van der Waals surface area contributed by atoms with E-state index in [9.17, 15) is 4.79 Å². The van der Waals surface area contributed by atoms with E-state index in [0.29, 0.717) is 6.61 Å². The summed E-state index contributed by atoms with van der Waals surface area (Å²) in [7, 11) is -1.93. The van der Waals surface area contributed by atoms with Crippen molar-refractivity contribution in [1.29, 1.82) is 0 Å². The van der Waals surface area contributed by atoms with Gasteiger partial charge in [-0.05, 0) is 40.4 Å². The summed E-state index contributed by atoms with van der Waals surface area (Å²) in [5.74, 6) is 6.11. The van der Waals surface area contributed by atoms with Crippen molar-refractivity contribution in [2.24, 2.45) is 5.11 Å². The lowest BCUT2D eigenvalue weighted by molar-refractivity contribution is -0.0368. The first-order valence-electron chi connectivity index (χ1n) is 14.5. The minimum Gasteiger partial charge on any atom is -0.441 e. The van der Waals surface area contributed by atoms with Gasteiger partial charge in [0, 0.05) is 4.91 Å². The van der Waals surface area contributed by atoms with Crippen molar-refractivity contribution in [2.75, 3.05) is 26.3 Å². The summed E-state index contributed by atoms with van der Waals surface area (Å²) in [6, 6.07) is 29.4. The second-order valence-corrected chi connectivity index (χ2v) is 16.8. The molecule has 1 saturated heterocycles. The fraction of sp³-hybridized carbons (Fsp3) is 0.382. The number of hydrogen-bond acceptors (Lipinski definition) is 5. The molecule has 0 unspecified atom stereocenters. The van der Waals surface area contributed by atoms with Crippen LogP contribution in [-0.2, 0) is 19.5 Å². The highest BCUT2D eigenvalue weighted by Gasteiger charge is 2.44. The molecule has 2 atom stereocenters. The van der Waals surface area contributed by atoms with Gasteiger partial charge in [0.15, 0.2) is 8.32 Å². The van der Waals surface area contributed by atoms with E-state index in [4.69, 9.17) is 19.4 Å². The van der Waals surface area contributed by atoms with Gasteiger partial charge in [0.2, 0.25) is 0 Å². The summed E-state index contributed by atoms with van der Waals surface area (Å²) in [6.07, 6.45) is -1.20. The van der Waals surface area contributed by atoms with Crippen LogP contribution in [-0.4, -0.2) is 57.8 Å². The van der Waals surface area contributed by atoms with Gasteiger partial charge in [0.05, 0.1) is 32.3 Å². The van der Waals surface area contributed by atoms with Crippen LogP contribution in [0.4, 0.5) is 4.79 Å². The summed E-state index contributed by atoms with van der Waals surface area (Å²) in [5.41, 5.74) is 10.9. The van der Waals surface area contributed by atoms with Gasteiger partial charge in [-0.1, -0.05) is 129 Å². The van der Waals surface area contributed by atoms with E-state index >= 15 is 0 Å². The molecule has 0 radical (unpaired) electrons. The molecule has 0 aliphatic carbocycles. The zero-order valence-corrected chi connectivity index (χ0v) is 26.6. The number of carbonyl (C=O) groups is 1. The smallest absolute Gasteiger partial charge is 0.411 e. The number of azide groups is 1. The molecule has 1 heterocycles. The number of nitrogens with zero attached hydrogens (tertiary/aromatic N) is 4. The molecular formula is C34H40N4O4Si. The number of ether oxygens (including phenoxy) is 2. The normalized spacial score (nSPS) is 17.0. The summed E-state index contributed by atoms with van der Waals surface area (Å²) in [5, 5.41) is 3.87. The predicted octanol–water partition coefficient (Wildman–Crippen LogP) is 7.52. The Morgan fingerprint density at radius 1 is 0.907 bits per heavy atom. The first-order chi connectivity index (χ1) is 20.6. The lowest BCUT2D eigenvalue weighted by atomic mass is 9.80. The van der Waals surface area contributed by atoms with Gasteiger partial charge in [-0.2, -0.15) is 0 Å². The van der Waals surface area contributed by atoms with Crippen LogP contribution in [0.3, 0.4) is 0 Å². The molecule has 0 N–H and O–H groups in total. The molecule has 224 valence electrons. The molecule has 0 bridgehead atoms. The fourth-order valence-electron chi connectivity index (χ4n) is 4.88. The SMILES string of the molecule is CC(C)(C)[Si](C)(C)OCC#CCN1C(=O)O[C@H](COC(c2ccccc2)(c2ccccc2)c2ccccc2)[C@H]1CN=[N+]=[N-]. The fourth-order valence-corrected chi connectivity index (χ4v) is 5.74. The lowest BCUT2D eigenvalue weighted by Gasteiger charge is -2.37. The van der Waals surface area contributed by atoms with E-state index in [1.165, 1.54) is 4.90 Å². The first kappa shape index (κ1) is 31.9. The second kappa shape index (κ2) is 13.9. The monoisotopic (exact) mass is 596 g/mol. The van der Waals surface area contributed by atoms with Crippen LogP contribution in [0.2, 0.25) is 18.1 Å². The van der Waals surface area contributed by atoms with Crippen molar-refractivity contribution in [3.63, 3.8) is 0 Å². The Balaban J connectivity index is 1.60. The number of benzene rings is 3. The van der Waals surface area contributed by atoms with Crippen molar-refractivity contribution >= 4 is 14.4 Å². The maximum atomic E-state index is 13.1. The molecule has 1 aliphatic rings. The largest absolute Gasteiger partial charge is 0.441 e. The highest BCUT2D eigenvalue weighted by molar-refractivity contribution is 6.74. The second-order valence-electron chi connectivity index (χ2n) is 12.0. The highest BCUT2D eigenvalue weighted by Crippen LogP contribution is 2.41. The van der Waals surface area contributed by atoms with Gasteiger partial charge in [0.1, 0.15) is 11.7 Å². The molecule has 1 aliphatic heterocycles. The van der Waals surface area contributed by atoms with Crippen molar-refractivity contribution in [3.05, 3.63) is 118 Å². The number of amides is 1. The van der Waals surface area contributed by atoms with Crippen LogP contribution in [0, 0.1) is 11.8 Å². The van der Waals surface area contributed by atoms with Crippen LogP contribution in [0.25, 0.3) is 10.4 Å². The van der Waals surface area contributed by atoms with Gasteiger partial charge >= 0.3 is 6.09 Å². The first-order valence-corrected chi connectivity index (χ1v) is 17.4. The van der Waals surface area contributed by atoms with E-state index in [1.54, 1.807) is 0 Å². The third-order valence-corrected chi connectivity index (χ3v) is 12.8. The van der Waals surface area contributed by atoms with E-state index in [1.807, 2.05) is 91.0 Å². The number of cyclic esters (lactones) is 1. The molecule has 9 heteroatoms. The average Bonchev–Trinajstić information content (AvgIpc) is 3.30. The molecule has 0 saturated carbocycles. The maximum absolute atomic E-state index is 13.1. The van der Waals surface area contributed by atoms with E-state index in [0.717, 1.165) is 16.7 Å². The predicted molar refractivity (Wildman–Crippen MR) is 171 cm³/mol. The molecule has 0 aromatic heterocycles. The summed E-state index contributed by atoms with van der Waals surface area (Å²) in [6.45, 7) is 11.4. The van der Waals surface area contributed by atoms with Crippen LogP contribution in [0.1, 0.15) is 37.5 Å². The van der Waals surface area contributed by atoms with Gasteiger partial charge in [0.25, 0.3) is 0 Å². The minimum absolute atomic E-state index is 0.0351. The van der Waals surface area contributed by atoms with Gasteiger partial charge in [-0.25, -0.2) is 4.79 Å². The van der Waals surface area contributed by atoms with Crippen molar-refractivity contribution < 1.29 is 18.7 Å². The molecular weight excluding hydrogens is 556 g/mol. The van der Waals surface area contributed by atoms with Crippen molar-refractivity contribution in [1.82, 2.24) is 4.90 Å². The van der Waals surface area contributed by atoms with Gasteiger partial charge in [-0.3, -0.25) is 4.90 Å². The quantitative estimate of drug-likeness (QED) is 0.0571. The lowest BCUT2D eigenvalue weighted by Crippen LogP contribution is -2.43. The molecule has 4 rings (SSSR count). The Kier molecular flexibility index (Phi) is 10.3. The van der Waals surface area contributed by atoms with Gasteiger partial charge < -0.3 is 13.9 Å². The zero-order valence-electron chi connectivity index (χ0n) is 25.6. The molecule has 1 amide bonds. The minimum atomic E-state index is -1.93. The Hall–Kier alpha value is -4.06. The standard InChI is InChI=1S/C34H40N4O4Si/c1-33(2,3)43(4,5)41-24-16-15-23-38-30(25-36-37-35)31(42-32(38)39)26-40-34(27-17-9-6-10-18-27,28-19-11-7-12-20-28)29-21-13-8-14-22-29/h6-14,17-22,30-31H,23-26H2,1-5H3/t30-,31-/m1/s1. The molecule has 0 spiro atoms. The Labute approximate surface area is 255 Å². The van der Waals surface area contributed by atoms with Crippen LogP contribution in [0.5, 0.6) is 0 Å². The van der Waals surface area contributed by atoms with Crippen LogP contribution >= 0.6 is 0 Å². The summed E-state index contributed by atoms with van der Waals surface area (Å²) >= 11 is 0. The number of rotatable bonds is 11. The van der Waals surface area contributed by atoms with E-state index in [2.05, 4.69) is 55.7 Å². The van der Waals surface area contributed by atoms with E-state index in [-0.39, 0.29) is 24.7 Å².